The Hall–Kier alpha value is -1.14. The highest BCUT2D eigenvalue weighted by Gasteiger charge is 2.26. The third-order valence-electron chi connectivity index (χ3n) is 3.61. The first kappa shape index (κ1) is 15.3. The standard InChI is InChI=1S/C14H22N4OS/c1-8-9(2)16-14(17-10(8)3)20-7-6-12(13(15)19)18-11-4-5-11/h11-12,18H,4-7H2,1-3H3,(H2,15,19). The summed E-state index contributed by atoms with van der Waals surface area (Å²) in [7, 11) is 0. The number of amides is 1. The van der Waals surface area contributed by atoms with Gasteiger partial charge in [0, 0.05) is 23.2 Å². The number of primary amides is 1. The average molecular weight is 294 g/mol. The molecule has 3 N–H and O–H groups in total. The molecule has 1 amide bonds. The lowest BCUT2D eigenvalue weighted by Gasteiger charge is -2.14. The van der Waals surface area contributed by atoms with Crippen LogP contribution in [0.4, 0.5) is 0 Å². The number of nitrogens with zero attached hydrogens (tertiary/aromatic N) is 2. The van der Waals surface area contributed by atoms with E-state index >= 15 is 0 Å². The smallest absolute Gasteiger partial charge is 0.234 e. The van der Waals surface area contributed by atoms with Crippen molar-refractivity contribution in [3.8, 4) is 0 Å². The lowest BCUT2D eigenvalue weighted by molar-refractivity contribution is -0.120. The maximum atomic E-state index is 11.4. The largest absolute Gasteiger partial charge is 0.368 e. The number of thioether (sulfide) groups is 1. The monoisotopic (exact) mass is 294 g/mol. The molecule has 1 aliphatic carbocycles. The van der Waals surface area contributed by atoms with Crippen LogP contribution in [0.1, 0.15) is 36.2 Å². The lowest BCUT2D eigenvalue weighted by atomic mass is 10.2. The summed E-state index contributed by atoms with van der Waals surface area (Å²) in [5, 5.41) is 4.06. The number of aromatic nitrogens is 2. The Kier molecular flexibility index (Phi) is 4.99. The van der Waals surface area contributed by atoms with E-state index in [1.807, 2.05) is 20.8 Å². The maximum absolute atomic E-state index is 11.4. The normalized spacial score (nSPS) is 16.1. The second-order valence-corrected chi connectivity index (χ2v) is 6.40. The number of aryl methyl sites for hydroxylation is 2. The Balaban J connectivity index is 1.86. The molecule has 1 aliphatic rings. The fraction of sp³-hybridized carbons (Fsp3) is 0.643. The van der Waals surface area contributed by atoms with E-state index in [0.29, 0.717) is 12.5 Å². The van der Waals surface area contributed by atoms with Gasteiger partial charge in [0.15, 0.2) is 5.16 Å². The van der Waals surface area contributed by atoms with Crippen LogP contribution in [0.15, 0.2) is 5.16 Å². The van der Waals surface area contributed by atoms with E-state index in [1.165, 1.54) is 0 Å². The summed E-state index contributed by atoms with van der Waals surface area (Å²) >= 11 is 1.58. The van der Waals surface area contributed by atoms with Crippen LogP contribution < -0.4 is 11.1 Å². The van der Waals surface area contributed by atoms with Gasteiger partial charge in [0.2, 0.25) is 5.91 Å². The molecule has 0 aliphatic heterocycles. The van der Waals surface area contributed by atoms with Crippen molar-refractivity contribution >= 4 is 17.7 Å². The molecule has 1 aromatic heterocycles. The summed E-state index contributed by atoms with van der Waals surface area (Å²) in [6.07, 6.45) is 3.01. The van der Waals surface area contributed by atoms with Crippen molar-refractivity contribution < 1.29 is 4.79 Å². The summed E-state index contributed by atoms with van der Waals surface area (Å²) < 4.78 is 0. The first-order valence-corrected chi connectivity index (χ1v) is 7.96. The Morgan fingerprint density at radius 1 is 1.35 bits per heavy atom. The van der Waals surface area contributed by atoms with Crippen molar-refractivity contribution in [3.63, 3.8) is 0 Å². The van der Waals surface area contributed by atoms with Crippen molar-refractivity contribution in [1.29, 1.82) is 0 Å². The van der Waals surface area contributed by atoms with Gasteiger partial charge in [-0.2, -0.15) is 0 Å². The number of nitrogens with two attached hydrogens (primary N) is 1. The molecule has 5 nitrogen and oxygen atoms in total. The quantitative estimate of drug-likeness (QED) is 0.588. The second kappa shape index (κ2) is 6.54. The Morgan fingerprint density at radius 3 is 2.45 bits per heavy atom. The number of rotatable bonds is 7. The van der Waals surface area contributed by atoms with Gasteiger partial charge in [-0.25, -0.2) is 9.97 Å². The van der Waals surface area contributed by atoms with Gasteiger partial charge in [0.25, 0.3) is 0 Å². The molecule has 1 saturated carbocycles. The number of hydrogen-bond donors (Lipinski definition) is 2. The minimum absolute atomic E-state index is 0.234. The molecule has 1 fully saturated rings. The van der Waals surface area contributed by atoms with Gasteiger partial charge in [0.1, 0.15) is 0 Å². The molecule has 20 heavy (non-hydrogen) atoms. The zero-order chi connectivity index (χ0) is 14.7. The van der Waals surface area contributed by atoms with Gasteiger partial charge in [-0.1, -0.05) is 11.8 Å². The number of carbonyl (C=O) groups excluding carboxylic acids is 1. The molecule has 6 heteroatoms. The van der Waals surface area contributed by atoms with Gasteiger partial charge in [-0.15, -0.1) is 0 Å². The number of carbonyl (C=O) groups is 1. The molecule has 0 saturated heterocycles. The molecule has 1 unspecified atom stereocenters. The molecule has 0 aromatic carbocycles. The molecule has 1 atom stereocenters. The number of hydrogen-bond acceptors (Lipinski definition) is 5. The number of nitrogens with one attached hydrogen (secondary N) is 1. The Labute approximate surface area is 124 Å². The van der Waals surface area contributed by atoms with Crippen LogP contribution in [-0.4, -0.2) is 33.7 Å². The van der Waals surface area contributed by atoms with Gasteiger partial charge in [-0.05, 0) is 45.6 Å². The third kappa shape index (κ3) is 4.18. The van der Waals surface area contributed by atoms with Crippen LogP contribution in [0.2, 0.25) is 0 Å². The fourth-order valence-electron chi connectivity index (χ4n) is 1.92. The molecule has 110 valence electrons. The Morgan fingerprint density at radius 2 is 1.95 bits per heavy atom. The van der Waals surface area contributed by atoms with Crippen LogP contribution in [0, 0.1) is 20.8 Å². The molecular formula is C14H22N4OS. The van der Waals surface area contributed by atoms with Gasteiger partial charge < -0.3 is 11.1 Å². The van der Waals surface area contributed by atoms with Crippen LogP contribution >= 0.6 is 11.8 Å². The maximum Gasteiger partial charge on any atom is 0.234 e. The summed E-state index contributed by atoms with van der Waals surface area (Å²) in [5.74, 6) is 0.518. The van der Waals surface area contributed by atoms with Crippen molar-refractivity contribution in [2.75, 3.05) is 5.75 Å². The van der Waals surface area contributed by atoms with E-state index in [2.05, 4.69) is 15.3 Å². The minimum Gasteiger partial charge on any atom is -0.368 e. The van der Waals surface area contributed by atoms with Crippen molar-refractivity contribution in [2.45, 2.75) is 57.3 Å². The minimum atomic E-state index is -0.269. The summed E-state index contributed by atoms with van der Waals surface area (Å²) in [5.41, 5.74) is 8.59. The van der Waals surface area contributed by atoms with E-state index < -0.39 is 0 Å². The molecule has 0 radical (unpaired) electrons. The zero-order valence-electron chi connectivity index (χ0n) is 12.3. The summed E-state index contributed by atoms with van der Waals surface area (Å²) in [4.78, 5) is 20.3. The third-order valence-corrected chi connectivity index (χ3v) is 4.49. The van der Waals surface area contributed by atoms with Crippen LogP contribution in [0.25, 0.3) is 0 Å². The SMILES string of the molecule is Cc1nc(SCCC(NC2CC2)C(N)=O)nc(C)c1C. The van der Waals surface area contributed by atoms with Gasteiger partial charge in [0.05, 0.1) is 6.04 Å². The van der Waals surface area contributed by atoms with Gasteiger partial charge >= 0.3 is 0 Å². The van der Waals surface area contributed by atoms with Crippen molar-refractivity contribution in [2.24, 2.45) is 5.73 Å². The Bertz CT molecular complexity index is 479. The molecule has 0 spiro atoms. The van der Waals surface area contributed by atoms with Crippen LogP contribution in [0.5, 0.6) is 0 Å². The van der Waals surface area contributed by atoms with Crippen LogP contribution in [-0.2, 0) is 4.79 Å². The highest BCUT2D eigenvalue weighted by molar-refractivity contribution is 7.99. The molecule has 0 bridgehead atoms. The van der Waals surface area contributed by atoms with Crippen molar-refractivity contribution in [3.05, 3.63) is 17.0 Å². The van der Waals surface area contributed by atoms with E-state index in [-0.39, 0.29) is 11.9 Å². The second-order valence-electron chi connectivity index (χ2n) is 5.34. The predicted octanol–water partition coefficient (Wildman–Crippen LogP) is 1.49. The van der Waals surface area contributed by atoms with E-state index in [9.17, 15) is 4.79 Å². The fourth-order valence-corrected chi connectivity index (χ4v) is 2.86. The molecule has 1 heterocycles. The summed E-state index contributed by atoms with van der Waals surface area (Å²) in [6, 6.07) is 0.250. The molecular weight excluding hydrogens is 272 g/mol. The van der Waals surface area contributed by atoms with E-state index in [4.69, 9.17) is 5.73 Å². The predicted molar refractivity (Wildman–Crippen MR) is 80.7 cm³/mol. The first-order valence-electron chi connectivity index (χ1n) is 6.97. The highest BCUT2D eigenvalue weighted by atomic mass is 32.2. The molecule has 2 rings (SSSR count). The average Bonchev–Trinajstić information content (AvgIpc) is 3.18. The van der Waals surface area contributed by atoms with E-state index in [0.717, 1.165) is 40.7 Å². The van der Waals surface area contributed by atoms with Gasteiger partial charge in [-0.3, -0.25) is 4.79 Å². The molecule has 1 aromatic rings. The zero-order valence-corrected chi connectivity index (χ0v) is 13.1. The van der Waals surface area contributed by atoms with E-state index in [1.54, 1.807) is 11.8 Å². The van der Waals surface area contributed by atoms with Crippen LogP contribution in [0.3, 0.4) is 0 Å². The highest BCUT2D eigenvalue weighted by Crippen LogP contribution is 2.22. The first-order chi connectivity index (χ1) is 9.47. The lowest BCUT2D eigenvalue weighted by Crippen LogP contribution is -2.42. The topological polar surface area (TPSA) is 80.9 Å². The summed E-state index contributed by atoms with van der Waals surface area (Å²) in [6.45, 7) is 6.02. The van der Waals surface area contributed by atoms with Crippen molar-refractivity contribution in [1.82, 2.24) is 15.3 Å².